The number of nitrogens with one attached hydrogen (secondary N) is 1. The SMILES string of the molecule is COC(=O)CC1CCCCN1CCN1CCNC1=O. The number of ether oxygens (including phenoxy) is 1. The third-order valence-electron chi connectivity index (χ3n) is 3.98. The van der Waals surface area contributed by atoms with Gasteiger partial charge in [-0.1, -0.05) is 6.42 Å². The zero-order chi connectivity index (χ0) is 13.7. The minimum atomic E-state index is -0.143. The Balaban J connectivity index is 1.81. The molecule has 1 unspecified atom stereocenters. The van der Waals surface area contributed by atoms with Gasteiger partial charge >= 0.3 is 12.0 Å². The van der Waals surface area contributed by atoms with Gasteiger partial charge in [-0.15, -0.1) is 0 Å². The molecule has 2 saturated heterocycles. The highest BCUT2D eigenvalue weighted by atomic mass is 16.5. The maximum Gasteiger partial charge on any atom is 0.317 e. The molecule has 0 aromatic rings. The number of carbonyl (C=O) groups excluding carboxylic acids is 2. The molecule has 0 spiro atoms. The molecule has 2 heterocycles. The summed E-state index contributed by atoms with van der Waals surface area (Å²) in [6.45, 7) is 4.12. The minimum absolute atomic E-state index is 0.0292. The molecule has 2 fully saturated rings. The summed E-state index contributed by atoms with van der Waals surface area (Å²) >= 11 is 0. The van der Waals surface area contributed by atoms with E-state index in [0.717, 1.165) is 39.1 Å². The second kappa shape index (κ2) is 6.75. The number of piperidine rings is 1. The standard InChI is InChI=1S/C13H23N3O3/c1-19-12(17)10-11-4-2-3-6-15(11)8-9-16-7-5-14-13(16)18/h11H,2-10H2,1H3,(H,14,18). The van der Waals surface area contributed by atoms with Gasteiger partial charge in [0.15, 0.2) is 0 Å². The van der Waals surface area contributed by atoms with Crippen molar-refractivity contribution in [2.24, 2.45) is 0 Å². The smallest absolute Gasteiger partial charge is 0.317 e. The van der Waals surface area contributed by atoms with Crippen molar-refractivity contribution >= 4 is 12.0 Å². The first-order valence-corrected chi connectivity index (χ1v) is 7.04. The monoisotopic (exact) mass is 269 g/mol. The average molecular weight is 269 g/mol. The lowest BCUT2D eigenvalue weighted by Gasteiger charge is -2.35. The topological polar surface area (TPSA) is 61.9 Å². The summed E-state index contributed by atoms with van der Waals surface area (Å²) < 4.78 is 4.76. The largest absolute Gasteiger partial charge is 0.469 e. The number of esters is 1. The number of methoxy groups -OCH3 is 1. The molecule has 0 bridgehead atoms. The Morgan fingerprint density at radius 3 is 2.89 bits per heavy atom. The van der Waals surface area contributed by atoms with Crippen LogP contribution in [0.5, 0.6) is 0 Å². The summed E-state index contributed by atoms with van der Waals surface area (Å²) in [6, 6.07) is 0.299. The van der Waals surface area contributed by atoms with E-state index in [1.165, 1.54) is 20.0 Å². The lowest BCUT2D eigenvalue weighted by Crippen LogP contribution is -2.45. The van der Waals surface area contributed by atoms with Crippen LogP contribution in [0, 0.1) is 0 Å². The molecule has 6 nitrogen and oxygen atoms in total. The fourth-order valence-corrected chi connectivity index (χ4v) is 2.83. The molecule has 2 rings (SSSR count). The number of hydrogen-bond acceptors (Lipinski definition) is 4. The maximum absolute atomic E-state index is 11.5. The highest BCUT2D eigenvalue weighted by Crippen LogP contribution is 2.20. The molecule has 0 aromatic carbocycles. The van der Waals surface area contributed by atoms with Gasteiger partial charge in [0, 0.05) is 32.2 Å². The van der Waals surface area contributed by atoms with Gasteiger partial charge in [-0.3, -0.25) is 9.69 Å². The molecule has 2 amide bonds. The van der Waals surface area contributed by atoms with Crippen LogP contribution >= 0.6 is 0 Å². The quantitative estimate of drug-likeness (QED) is 0.735. The Labute approximate surface area is 114 Å². The zero-order valence-electron chi connectivity index (χ0n) is 11.6. The van der Waals surface area contributed by atoms with Gasteiger partial charge in [0.1, 0.15) is 0 Å². The van der Waals surface area contributed by atoms with Crippen molar-refractivity contribution in [2.45, 2.75) is 31.7 Å². The second-order valence-corrected chi connectivity index (χ2v) is 5.18. The van der Waals surface area contributed by atoms with E-state index >= 15 is 0 Å². The molecular weight excluding hydrogens is 246 g/mol. The maximum atomic E-state index is 11.5. The Hall–Kier alpha value is -1.30. The molecule has 0 radical (unpaired) electrons. The van der Waals surface area contributed by atoms with Crippen LogP contribution in [0.25, 0.3) is 0 Å². The molecule has 1 atom stereocenters. The number of urea groups is 1. The molecule has 2 aliphatic rings. The number of hydrogen-bond donors (Lipinski definition) is 1. The highest BCUT2D eigenvalue weighted by Gasteiger charge is 2.26. The fourth-order valence-electron chi connectivity index (χ4n) is 2.83. The highest BCUT2D eigenvalue weighted by molar-refractivity contribution is 5.76. The second-order valence-electron chi connectivity index (χ2n) is 5.18. The first kappa shape index (κ1) is 14.1. The van der Waals surface area contributed by atoms with E-state index in [9.17, 15) is 9.59 Å². The average Bonchev–Trinajstić information content (AvgIpc) is 2.83. The van der Waals surface area contributed by atoms with Crippen molar-refractivity contribution in [1.29, 1.82) is 0 Å². The van der Waals surface area contributed by atoms with Gasteiger partial charge in [0.2, 0.25) is 0 Å². The molecule has 0 aromatic heterocycles. The molecule has 2 aliphatic heterocycles. The van der Waals surface area contributed by atoms with Crippen LogP contribution in [0.2, 0.25) is 0 Å². The van der Waals surface area contributed by atoms with Crippen molar-refractivity contribution < 1.29 is 14.3 Å². The van der Waals surface area contributed by atoms with Gasteiger partial charge in [-0.05, 0) is 19.4 Å². The molecule has 0 aliphatic carbocycles. The Morgan fingerprint density at radius 1 is 1.37 bits per heavy atom. The number of likely N-dealkylation sites (tertiary alicyclic amines) is 1. The van der Waals surface area contributed by atoms with E-state index in [1.807, 2.05) is 4.90 Å². The number of rotatable bonds is 5. The number of carbonyl (C=O) groups is 2. The third kappa shape index (κ3) is 3.83. The van der Waals surface area contributed by atoms with Crippen LogP contribution in [-0.4, -0.2) is 67.7 Å². The van der Waals surface area contributed by atoms with Gasteiger partial charge < -0.3 is 15.0 Å². The van der Waals surface area contributed by atoms with Gasteiger partial charge in [-0.25, -0.2) is 4.79 Å². The van der Waals surface area contributed by atoms with Gasteiger partial charge in [0.25, 0.3) is 0 Å². The van der Waals surface area contributed by atoms with Crippen molar-refractivity contribution in [1.82, 2.24) is 15.1 Å². The predicted molar refractivity (Wildman–Crippen MR) is 70.8 cm³/mol. The summed E-state index contributed by atoms with van der Waals surface area (Å²) in [5, 5.41) is 2.80. The van der Waals surface area contributed by atoms with E-state index in [4.69, 9.17) is 4.74 Å². The van der Waals surface area contributed by atoms with Crippen LogP contribution in [-0.2, 0) is 9.53 Å². The molecule has 6 heteroatoms. The summed E-state index contributed by atoms with van der Waals surface area (Å²) in [4.78, 5) is 27.1. The van der Waals surface area contributed by atoms with Crippen LogP contribution in [0.15, 0.2) is 0 Å². The normalized spacial score (nSPS) is 24.4. The summed E-state index contributed by atoms with van der Waals surface area (Å²) in [5.41, 5.74) is 0. The van der Waals surface area contributed by atoms with Crippen molar-refractivity contribution in [3.63, 3.8) is 0 Å². The lowest BCUT2D eigenvalue weighted by molar-refractivity contribution is -0.142. The first-order chi connectivity index (χ1) is 9.20. The molecule has 108 valence electrons. The Bertz CT molecular complexity index is 335. The van der Waals surface area contributed by atoms with Crippen molar-refractivity contribution in [3.05, 3.63) is 0 Å². The fraction of sp³-hybridized carbons (Fsp3) is 0.846. The van der Waals surface area contributed by atoms with E-state index < -0.39 is 0 Å². The molecule has 0 saturated carbocycles. The molecule has 19 heavy (non-hydrogen) atoms. The van der Waals surface area contributed by atoms with Crippen molar-refractivity contribution in [3.8, 4) is 0 Å². The number of amides is 2. The summed E-state index contributed by atoms with van der Waals surface area (Å²) in [7, 11) is 1.43. The lowest BCUT2D eigenvalue weighted by atomic mass is 9.99. The van der Waals surface area contributed by atoms with Gasteiger partial charge in [-0.2, -0.15) is 0 Å². The van der Waals surface area contributed by atoms with E-state index in [0.29, 0.717) is 6.42 Å². The van der Waals surface area contributed by atoms with Gasteiger partial charge in [0.05, 0.1) is 13.5 Å². The first-order valence-electron chi connectivity index (χ1n) is 7.04. The summed E-state index contributed by atoms with van der Waals surface area (Å²) in [6.07, 6.45) is 3.84. The summed E-state index contributed by atoms with van der Waals surface area (Å²) in [5.74, 6) is -0.143. The van der Waals surface area contributed by atoms with Crippen molar-refractivity contribution in [2.75, 3.05) is 39.8 Å². The third-order valence-corrected chi connectivity index (χ3v) is 3.98. The Morgan fingerprint density at radius 2 is 2.21 bits per heavy atom. The predicted octanol–water partition coefficient (Wildman–Crippen LogP) is 0.429. The number of nitrogens with zero attached hydrogens (tertiary/aromatic N) is 2. The molecular formula is C13H23N3O3. The van der Waals surface area contributed by atoms with Crippen LogP contribution in [0.1, 0.15) is 25.7 Å². The molecule has 1 N–H and O–H groups in total. The zero-order valence-corrected chi connectivity index (χ0v) is 11.6. The van der Waals surface area contributed by atoms with E-state index in [1.54, 1.807) is 0 Å². The van der Waals surface area contributed by atoms with Crippen LogP contribution in [0.3, 0.4) is 0 Å². The van der Waals surface area contributed by atoms with Crippen LogP contribution in [0.4, 0.5) is 4.79 Å². The minimum Gasteiger partial charge on any atom is -0.469 e. The Kier molecular flexibility index (Phi) is 5.01. The van der Waals surface area contributed by atoms with E-state index in [2.05, 4.69) is 10.2 Å². The van der Waals surface area contributed by atoms with E-state index in [-0.39, 0.29) is 18.0 Å². The van der Waals surface area contributed by atoms with Crippen LogP contribution < -0.4 is 5.32 Å².